The Morgan fingerprint density at radius 2 is 1.87 bits per heavy atom. The number of hydrogen-bond donors (Lipinski definition) is 1. The summed E-state index contributed by atoms with van der Waals surface area (Å²) in [6, 6.07) is -0.919. The highest BCUT2D eigenvalue weighted by molar-refractivity contribution is 7.58. The zero-order valence-electron chi connectivity index (χ0n) is 15.0. The molecule has 0 saturated heterocycles. The average Bonchev–Trinajstić information content (AvgIpc) is 2.40. The van der Waals surface area contributed by atoms with Crippen molar-refractivity contribution in [3.63, 3.8) is 0 Å². The van der Waals surface area contributed by atoms with E-state index < -0.39 is 31.1 Å². The van der Waals surface area contributed by atoms with Crippen molar-refractivity contribution in [3.8, 4) is 0 Å². The van der Waals surface area contributed by atoms with Crippen LogP contribution >= 0.6 is 7.37 Å². The maximum atomic E-state index is 12.3. The molecular formula is C15H30NO6P. The van der Waals surface area contributed by atoms with E-state index in [2.05, 4.69) is 10.1 Å². The highest BCUT2D eigenvalue weighted by Gasteiger charge is 2.27. The van der Waals surface area contributed by atoms with Crippen molar-refractivity contribution in [2.45, 2.75) is 58.6 Å². The number of nitrogens with one attached hydrogen (secondary N) is 1. The van der Waals surface area contributed by atoms with Gasteiger partial charge in [-0.1, -0.05) is 13.3 Å². The van der Waals surface area contributed by atoms with E-state index >= 15 is 0 Å². The molecule has 0 aromatic carbocycles. The Kier molecular flexibility index (Phi) is 9.47. The predicted octanol–water partition coefficient (Wildman–Crippen LogP) is 3.17. The number of carbonyl (C=O) groups is 2. The molecule has 136 valence electrons. The van der Waals surface area contributed by atoms with Crippen molar-refractivity contribution in [1.82, 2.24) is 5.32 Å². The highest BCUT2D eigenvalue weighted by atomic mass is 31.2. The van der Waals surface area contributed by atoms with Gasteiger partial charge in [0.1, 0.15) is 11.6 Å². The van der Waals surface area contributed by atoms with Crippen LogP contribution in [0.25, 0.3) is 0 Å². The van der Waals surface area contributed by atoms with Crippen LogP contribution < -0.4 is 5.32 Å². The van der Waals surface area contributed by atoms with E-state index in [1.807, 2.05) is 6.92 Å². The normalized spacial score (nSPS) is 15.4. The lowest BCUT2D eigenvalue weighted by atomic mass is 10.2. The van der Waals surface area contributed by atoms with Gasteiger partial charge in [-0.05, 0) is 33.6 Å². The summed E-state index contributed by atoms with van der Waals surface area (Å²) in [5, 5.41) is 2.45. The average molecular weight is 351 g/mol. The maximum Gasteiger partial charge on any atom is 0.408 e. The molecule has 0 aromatic rings. The van der Waals surface area contributed by atoms with Crippen LogP contribution in [0, 0.1) is 0 Å². The zero-order valence-corrected chi connectivity index (χ0v) is 15.9. The minimum atomic E-state index is -2.81. The fourth-order valence-electron chi connectivity index (χ4n) is 1.67. The third-order valence-electron chi connectivity index (χ3n) is 2.86. The number of alkyl carbamates (subject to hydrolysis) is 1. The molecule has 2 atom stereocenters. The zero-order chi connectivity index (χ0) is 18.1. The van der Waals surface area contributed by atoms with Crippen LogP contribution in [0.5, 0.6) is 0 Å². The molecule has 0 fully saturated rings. The van der Waals surface area contributed by atoms with Crippen molar-refractivity contribution in [2.75, 3.05) is 26.5 Å². The van der Waals surface area contributed by atoms with Crippen molar-refractivity contribution in [3.05, 3.63) is 0 Å². The van der Waals surface area contributed by atoms with Gasteiger partial charge < -0.3 is 19.3 Å². The van der Waals surface area contributed by atoms with Gasteiger partial charge in [0.15, 0.2) is 7.37 Å². The molecule has 8 heteroatoms. The molecule has 0 rings (SSSR count). The van der Waals surface area contributed by atoms with Crippen LogP contribution in [0.15, 0.2) is 0 Å². The number of esters is 1. The third kappa shape index (κ3) is 11.2. The van der Waals surface area contributed by atoms with Crippen molar-refractivity contribution in [1.29, 1.82) is 0 Å². The largest absolute Gasteiger partial charge is 0.467 e. The molecule has 7 nitrogen and oxygen atoms in total. The monoisotopic (exact) mass is 351 g/mol. The first kappa shape index (κ1) is 21.9. The Morgan fingerprint density at radius 3 is 2.35 bits per heavy atom. The molecule has 23 heavy (non-hydrogen) atoms. The summed E-state index contributed by atoms with van der Waals surface area (Å²) in [6.07, 6.45) is 1.39. The van der Waals surface area contributed by atoms with E-state index in [0.29, 0.717) is 6.61 Å². The van der Waals surface area contributed by atoms with Gasteiger partial charge >= 0.3 is 12.1 Å². The quantitative estimate of drug-likeness (QED) is 0.390. The molecule has 0 saturated carbocycles. The van der Waals surface area contributed by atoms with Gasteiger partial charge in [0, 0.05) is 12.8 Å². The van der Waals surface area contributed by atoms with Crippen molar-refractivity contribution in [2.24, 2.45) is 0 Å². The minimum absolute atomic E-state index is 0.159. The Hall–Kier alpha value is -1.07. The van der Waals surface area contributed by atoms with Gasteiger partial charge in [-0.25, -0.2) is 9.59 Å². The topological polar surface area (TPSA) is 90.9 Å². The lowest BCUT2D eigenvalue weighted by molar-refractivity contribution is -0.143. The van der Waals surface area contributed by atoms with E-state index in [1.54, 1.807) is 20.8 Å². The van der Waals surface area contributed by atoms with Crippen LogP contribution in [-0.2, 0) is 23.4 Å². The van der Waals surface area contributed by atoms with E-state index in [0.717, 1.165) is 12.8 Å². The van der Waals surface area contributed by atoms with Gasteiger partial charge in [-0.2, -0.15) is 0 Å². The van der Waals surface area contributed by atoms with Gasteiger partial charge in [0.2, 0.25) is 0 Å². The molecule has 1 unspecified atom stereocenters. The molecule has 0 radical (unpaired) electrons. The van der Waals surface area contributed by atoms with E-state index in [9.17, 15) is 14.2 Å². The van der Waals surface area contributed by atoms with Crippen LogP contribution in [0.3, 0.4) is 0 Å². The Morgan fingerprint density at radius 1 is 1.26 bits per heavy atom. The smallest absolute Gasteiger partial charge is 0.408 e. The van der Waals surface area contributed by atoms with E-state index in [1.165, 1.54) is 13.8 Å². The van der Waals surface area contributed by atoms with Gasteiger partial charge in [0.05, 0.1) is 13.7 Å². The SMILES string of the molecule is CCCCOP(C)(=O)CC[C@H](NC(=O)OC(C)(C)C)C(=O)OC. The van der Waals surface area contributed by atoms with Crippen LogP contribution in [0.4, 0.5) is 4.79 Å². The van der Waals surface area contributed by atoms with Gasteiger partial charge in [-0.15, -0.1) is 0 Å². The fraction of sp³-hybridized carbons (Fsp3) is 0.867. The van der Waals surface area contributed by atoms with Crippen LogP contribution in [-0.4, -0.2) is 50.2 Å². The number of methoxy groups -OCH3 is 1. The number of ether oxygens (including phenoxy) is 2. The second kappa shape index (κ2) is 9.93. The van der Waals surface area contributed by atoms with Crippen LogP contribution in [0.1, 0.15) is 47.0 Å². The van der Waals surface area contributed by atoms with Crippen molar-refractivity contribution >= 4 is 19.4 Å². The van der Waals surface area contributed by atoms with E-state index in [-0.39, 0.29) is 12.6 Å². The molecule has 0 spiro atoms. The predicted molar refractivity (Wildman–Crippen MR) is 89.0 cm³/mol. The standard InChI is InChI=1S/C15H30NO6P/c1-7-8-10-21-23(6,19)11-9-12(13(17)20-5)16-14(18)22-15(2,3)4/h12H,7-11H2,1-6H3,(H,16,18)/t12-,23?/m0/s1. The fourth-order valence-corrected chi connectivity index (χ4v) is 3.04. The number of rotatable bonds is 9. The molecular weight excluding hydrogens is 321 g/mol. The molecule has 1 N–H and O–H groups in total. The maximum absolute atomic E-state index is 12.3. The number of hydrogen-bond acceptors (Lipinski definition) is 6. The molecule has 0 aliphatic rings. The second-order valence-electron chi connectivity index (χ2n) is 6.44. The van der Waals surface area contributed by atoms with Gasteiger partial charge in [-0.3, -0.25) is 4.57 Å². The summed E-state index contributed by atoms with van der Waals surface area (Å²) < 4.78 is 27.5. The summed E-state index contributed by atoms with van der Waals surface area (Å²) in [5.74, 6) is -0.607. The van der Waals surface area contributed by atoms with E-state index in [4.69, 9.17) is 9.26 Å². The molecule has 0 heterocycles. The summed E-state index contributed by atoms with van der Waals surface area (Å²) in [5.41, 5.74) is -0.673. The number of unbranched alkanes of at least 4 members (excludes halogenated alkanes) is 1. The summed E-state index contributed by atoms with van der Waals surface area (Å²) in [4.78, 5) is 23.6. The Bertz CT molecular complexity index is 432. The summed E-state index contributed by atoms with van der Waals surface area (Å²) in [7, 11) is -1.58. The summed E-state index contributed by atoms with van der Waals surface area (Å²) >= 11 is 0. The molecule has 0 aromatic heterocycles. The first-order valence-corrected chi connectivity index (χ1v) is 10.0. The van der Waals surface area contributed by atoms with Crippen molar-refractivity contribution < 1.29 is 28.2 Å². The number of amides is 1. The second-order valence-corrected chi connectivity index (χ2v) is 9.17. The number of carbonyl (C=O) groups excluding carboxylic acids is 2. The van der Waals surface area contributed by atoms with Gasteiger partial charge in [0.25, 0.3) is 0 Å². The lowest BCUT2D eigenvalue weighted by Gasteiger charge is -2.23. The van der Waals surface area contributed by atoms with Crippen LogP contribution in [0.2, 0.25) is 0 Å². The molecule has 1 amide bonds. The first-order chi connectivity index (χ1) is 10.5. The third-order valence-corrected chi connectivity index (χ3v) is 4.66. The minimum Gasteiger partial charge on any atom is -0.467 e. The first-order valence-electron chi connectivity index (χ1n) is 7.79. The molecule has 0 bridgehead atoms. The molecule has 0 aliphatic carbocycles. The molecule has 0 aliphatic heterocycles. The Balaban J connectivity index is 4.60. The summed E-state index contributed by atoms with van der Waals surface area (Å²) in [6.45, 7) is 9.14. The Labute approximate surface area is 138 Å². The lowest BCUT2D eigenvalue weighted by Crippen LogP contribution is -2.44. The highest BCUT2D eigenvalue weighted by Crippen LogP contribution is 2.43.